The first-order valence-corrected chi connectivity index (χ1v) is 5.94. The van der Waals surface area contributed by atoms with Crippen LogP contribution in [0.1, 0.15) is 18.0 Å². The van der Waals surface area contributed by atoms with Gasteiger partial charge in [-0.3, -0.25) is 9.69 Å². The molecule has 4 heteroatoms. The number of carboxylic acid groups (broad SMARTS) is 1. The summed E-state index contributed by atoms with van der Waals surface area (Å²) in [7, 11) is 0. The molecule has 2 heterocycles. The summed E-state index contributed by atoms with van der Waals surface area (Å²) in [5, 5.41) is 8.89. The Hall–Kier alpha value is -1.55. The lowest BCUT2D eigenvalue weighted by Gasteiger charge is -2.44. The van der Waals surface area contributed by atoms with E-state index in [4.69, 9.17) is 9.84 Å². The number of nitrogens with zero attached hydrogens (tertiary/aromatic N) is 1. The highest BCUT2D eigenvalue weighted by atomic mass is 16.5. The number of likely N-dealkylation sites (tertiary alicyclic amines) is 1. The van der Waals surface area contributed by atoms with Crippen molar-refractivity contribution in [3.63, 3.8) is 0 Å². The fourth-order valence-corrected chi connectivity index (χ4v) is 2.63. The molecule has 17 heavy (non-hydrogen) atoms. The molecule has 1 unspecified atom stereocenters. The summed E-state index contributed by atoms with van der Waals surface area (Å²) in [4.78, 5) is 13.0. The molecule has 0 radical (unpaired) electrons. The van der Waals surface area contributed by atoms with Gasteiger partial charge in [0.25, 0.3) is 0 Å². The maximum Gasteiger partial charge on any atom is 0.309 e. The minimum absolute atomic E-state index is 0.190. The summed E-state index contributed by atoms with van der Waals surface area (Å²) in [6.45, 7) is 2.04. The van der Waals surface area contributed by atoms with Gasteiger partial charge in [-0.25, -0.2) is 0 Å². The predicted molar refractivity (Wildman–Crippen MR) is 62.0 cm³/mol. The van der Waals surface area contributed by atoms with E-state index < -0.39 is 5.97 Å². The maximum absolute atomic E-state index is 10.8. The van der Waals surface area contributed by atoms with Crippen LogP contribution in [0.5, 0.6) is 5.75 Å². The second-order valence-electron chi connectivity index (χ2n) is 4.68. The van der Waals surface area contributed by atoms with Crippen LogP contribution in [0.4, 0.5) is 0 Å². The number of carboxylic acids is 1. The minimum atomic E-state index is -0.679. The number of carbonyl (C=O) groups is 1. The van der Waals surface area contributed by atoms with Crippen molar-refractivity contribution < 1.29 is 14.6 Å². The van der Waals surface area contributed by atoms with E-state index >= 15 is 0 Å². The first kappa shape index (κ1) is 10.6. The Kier molecular flexibility index (Phi) is 2.52. The Morgan fingerprint density at radius 3 is 2.88 bits per heavy atom. The van der Waals surface area contributed by atoms with E-state index in [0.717, 1.165) is 18.8 Å². The van der Waals surface area contributed by atoms with Crippen molar-refractivity contribution in [2.24, 2.45) is 5.92 Å². The highest BCUT2D eigenvalue weighted by Crippen LogP contribution is 2.38. The molecule has 90 valence electrons. The molecule has 1 fully saturated rings. The predicted octanol–water partition coefficient (Wildman–Crippen LogP) is 1.53. The quantitative estimate of drug-likeness (QED) is 0.841. The smallest absolute Gasteiger partial charge is 0.309 e. The van der Waals surface area contributed by atoms with Gasteiger partial charge >= 0.3 is 5.97 Å². The molecule has 1 N–H and O–H groups in total. The zero-order valence-corrected chi connectivity index (χ0v) is 9.50. The van der Waals surface area contributed by atoms with E-state index in [1.807, 2.05) is 18.2 Å². The number of fused-ring (bicyclic) bond motifs is 1. The van der Waals surface area contributed by atoms with Crippen molar-refractivity contribution >= 4 is 5.97 Å². The Morgan fingerprint density at radius 1 is 1.35 bits per heavy atom. The molecule has 0 aromatic heterocycles. The summed E-state index contributed by atoms with van der Waals surface area (Å²) >= 11 is 0. The number of para-hydroxylation sites is 1. The molecule has 0 spiro atoms. The Balaban J connectivity index is 1.76. The first-order valence-electron chi connectivity index (χ1n) is 5.94. The lowest BCUT2D eigenvalue weighted by atomic mass is 9.91. The van der Waals surface area contributed by atoms with E-state index in [0.29, 0.717) is 19.1 Å². The van der Waals surface area contributed by atoms with Crippen LogP contribution in [0.2, 0.25) is 0 Å². The van der Waals surface area contributed by atoms with Crippen molar-refractivity contribution in [1.29, 1.82) is 0 Å². The van der Waals surface area contributed by atoms with Crippen molar-refractivity contribution in [3.8, 4) is 5.75 Å². The third kappa shape index (κ3) is 1.78. The normalized spacial score (nSPS) is 24.6. The van der Waals surface area contributed by atoms with E-state index in [2.05, 4.69) is 11.0 Å². The molecule has 1 atom stereocenters. The molecule has 1 aromatic rings. The third-order valence-electron chi connectivity index (χ3n) is 3.63. The molecule has 1 aromatic carbocycles. The first-order chi connectivity index (χ1) is 8.25. The lowest BCUT2D eigenvalue weighted by Crippen LogP contribution is -2.52. The molecule has 0 bridgehead atoms. The molecule has 1 saturated heterocycles. The van der Waals surface area contributed by atoms with Gasteiger partial charge in [0.15, 0.2) is 0 Å². The lowest BCUT2D eigenvalue weighted by molar-refractivity contribution is -0.149. The monoisotopic (exact) mass is 233 g/mol. The molecular formula is C13H15NO3. The zero-order valence-electron chi connectivity index (χ0n) is 9.50. The number of hydrogen-bond donors (Lipinski definition) is 1. The molecular weight excluding hydrogens is 218 g/mol. The van der Waals surface area contributed by atoms with Gasteiger partial charge in [-0.15, -0.1) is 0 Å². The molecule has 3 rings (SSSR count). The van der Waals surface area contributed by atoms with Crippen LogP contribution in [-0.2, 0) is 4.79 Å². The SMILES string of the molecule is O=C(O)C1CN(C2CCOc3ccccc32)C1. The van der Waals surface area contributed by atoms with Crippen LogP contribution >= 0.6 is 0 Å². The second-order valence-corrected chi connectivity index (χ2v) is 4.68. The van der Waals surface area contributed by atoms with Crippen LogP contribution in [0.25, 0.3) is 0 Å². The summed E-state index contributed by atoms with van der Waals surface area (Å²) in [6, 6.07) is 8.37. The molecule has 2 aliphatic rings. The van der Waals surface area contributed by atoms with E-state index in [9.17, 15) is 4.79 Å². The number of hydrogen-bond acceptors (Lipinski definition) is 3. The van der Waals surface area contributed by atoms with Crippen LogP contribution in [-0.4, -0.2) is 35.7 Å². The average molecular weight is 233 g/mol. The average Bonchev–Trinajstić information content (AvgIpc) is 2.27. The Labute approximate surface area is 99.8 Å². The van der Waals surface area contributed by atoms with Gasteiger partial charge in [-0.05, 0) is 6.07 Å². The van der Waals surface area contributed by atoms with Crippen LogP contribution in [0.3, 0.4) is 0 Å². The van der Waals surface area contributed by atoms with Crippen LogP contribution < -0.4 is 4.74 Å². The van der Waals surface area contributed by atoms with Gasteiger partial charge in [0.1, 0.15) is 5.75 Å². The summed E-state index contributed by atoms with van der Waals surface area (Å²) in [5.74, 6) is 0.0779. The molecule has 4 nitrogen and oxygen atoms in total. The molecule has 2 aliphatic heterocycles. The standard InChI is InChI=1S/C13H15NO3/c15-13(16)9-7-14(8-9)11-5-6-17-12-4-2-1-3-10(11)12/h1-4,9,11H,5-8H2,(H,15,16). The van der Waals surface area contributed by atoms with Gasteiger partial charge in [0, 0.05) is 31.1 Å². The molecule has 0 saturated carbocycles. The highest BCUT2D eigenvalue weighted by molar-refractivity contribution is 5.71. The number of aliphatic carboxylic acids is 1. The van der Waals surface area contributed by atoms with Crippen molar-refractivity contribution in [3.05, 3.63) is 29.8 Å². The van der Waals surface area contributed by atoms with Gasteiger partial charge in [0.2, 0.25) is 0 Å². The van der Waals surface area contributed by atoms with Gasteiger partial charge in [-0.2, -0.15) is 0 Å². The zero-order chi connectivity index (χ0) is 11.8. The van der Waals surface area contributed by atoms with E-state index in [1.54, 1.807) is 0 Å². The number of benzene rings is 1. The molecule has 0 amide bonds. The summed E-state index contributed by atoms with van der Waals surface area (Å²) in [6.07, 6.45) is 0.948. The van der Waals surface area contributed by atoms with Crippen LogP contribution in [0, 0.1) is 5.92 Å². The van der Waals surface area contributed by atoms with Crippen LogP contribution in [0.15, 0.2) is 24.3 Å². The number of rotatable bonds is 2. The van der Waals surface area contributed by atoms with E-state index in [1.165, 1.54) is 5.56 Å². The minimum Gasteiger partial charge on any atom is -0.493 e. The van der Waals surface area contributed by atoms with Gasteiger partial charge in [-0.1, -0.05) is 18.2 Å². The summed E-state index contributed by atoms with van der Waals surface area (Å²) < 4.78 is 5.60. The van der Waals surface area contributed by atoms with Crippen molar-refractivity contribution in [1.82, 2.24) is 4.90 Å². The van der Waals surface area contributed by atoms with E-state index in [-0.39, 0.29) is 5.92 Å². The highest BCUT2D eigenvalue weighted by Gasteiger charge is 2.38. The maximum atomic E-state index is 10.8. The van der Waals surface area contributed by atoms with Crippen molar-refractivity contribution in [2.75, 3.05) is 19.7 Å². The molecule has 0 aliphatic carbocycles. The van der Waals surface area contributed by atoms with Crippen molar-refractivity contribution in [2.45, 2.75) is 12.5 Å². The number of ether oxygens (including phenoxy) is 1. The Bertz CT molecular complexity index is 440. The third-order valence-corrected chi connectivity index (χ3v) is 3.63. The fraction of sp³-hybridized carbons (Fsp3) is 0.462. The Morgan fingerprint density at radius 2 is 2.12 bits per heavy atom. The fourth-order valence-electron chi connectivity index (χ4n) is 2.63. The second kappa shape index (κ2) is 4.04. The van der Waals surface area contributed by atoms with Gasteiger partial charge < -0.3 is 9.84 Å². The summed E-state index contributed by atoms with van der Waals surface area (Å²) in [5.41, 5.74) is 1.20. The topological polar surface area (TPSA) is 49.8 Å². The largest absolute Gasteiger partial charge is 0.493 e. The van der Waals surface area contributed by atoms with Gasteiger partial charge in [0.05, 0.1) is 12.5 Å².